The summed E-state index contributed by atoms with van der Waals surface area (Å²) >= 11 is 0. The van der Waals surface area contributed by atoms with Crippen LogP contribution in [0.25, 0.3) is 0 Å². The average Bonchev–Trinajstić information content (AvgIpc) is 3.05. The zero-order chi connectivity index (χ0) is 25.9. The van der Waals surface area contributed by atoms with Crippen LogP contribution in [0.5, 0.6) is 0 Å². The third-order valence-corrected chi connectivity index (χ3v) is 9.54. The lowest BCUT2D eigenvalue weighted by atomic mass is 9.44. The minimum atomic E-state index is -1.46. The molecule has 8 atom stereocenters. The molecule has 0 radical (unpaired) electrons. The van der Waals surface area contributed by atoms with Gasteiger partial charge in [-0.3, -0.25) is 19.2 Å². The Morgan fingerprint density at radius 1 is 1.23 bits per heavy atom. The first-order chi connectivity index (χ1) is 16.3. The molecule has 0 saturated heterocycles. The number of esters is 2. The lowest BCUT2D eigenvalue weighted by molar-refractivity contribution is -0.204. The van der Waals surface area contributed by atoms with Crippen LogP contribution in [0.1, 0.15) is 67.2 Å². The summed E-state index contributed by atoms with van der Waals surface area (Å²) in [6.45, 7) is 10.4. The second-order valence-corrected chi connectivity index (χ2v) is 11.9. The molecule has 192 valence electrons. The maximum Gasteiger partial charge on any atom is 0.309 e. The normalized spacial score (nSPS) is 42.0. The number of hydrogen-bond donors (Lipinski definition) is 1. The van der Waals surface area contributed by atoms with Crippen molar-refractivity contribution in [1.82, 2.24) is 0 Å². The van der Waals surface area contributed by atoms with Crippen LogP contribution in [0.3, 0.4) is 0 Å². The second-order valence-electron chi connectivity index (χ2n) is 11.9. The van der Waals surface area contributed by atoms with Crippen molar-refractivity contribution in [2.75, 3.05) is 6.61 Å². The number of aliphatic hydroxyl groups excluding tert-OH is 1. The second kappa shape index (κ2) is 8.68. The van der Waals surface area contributed by atoms with Crippen molar-refractivity contribution >= 4 is 23.5 Å². The maximum atomic E-state index is 13.7. The Hall–Kier alpha value is -2.28. The van der Waals surface area contributed by atoms with Crippen molar-refractivity contribution in [2.45, 2.75) is 78.9 Å². The van der Waals surface area contributed by atoms with Gasteiger partial charge < -0.3 is 14.6 Å². The zero-order valence-corrected chi connectivity index (χ0v) is 21.6. The van der Waals surface area contributed by atoms with Crippen molar-refractivity contribution in [3.8, 4) is 0 Å². The molecule has 7 heteroatoms. The standard InChI is InChI=1S/C28H38O7/c1-15(2)25(33)35-28(23(32)14-34-17(4)29)10-8-20-19-11-16(3)21-12-18(30)7-9-26(21,5)24(19)22(31)13-27(20,28)6/h7,9,12,15-16,19-20,22,24,31H,8,10-11,13-14H2,1-6H3/t16-,19-,20-,22-,24+,26-,27-,28-/m0/s1. The van der Waals surface area contributed by atoms with E-state index in [9.17, 15) is 24.3 Å². The van der Waals surface area contributed by atoms with Gasteiger partial charge in [-0.15, -0.1) is 0 Å². The van der Waals surface area contributed by atoms with Gasteiger partial charge in [-0.25, -0.2) is 0 Å². The molecule has 7 nitrogen and oxygen atoms in total. The molecule has 0 aromatic rings. The lowest BCUT2D eigenvalue weighted by Gasteiger charge is -2.61. The molecule has 4 rings (SSSR count). The summed E-state index contributed by atoms with van der Waals surface area (Å²) in [5.74, 6) is -1.75. The minimum Gasteiger partial charge on any atom is -0.458 e. The molecule has 35 heavy (non-hydrogen) atoms. The SMILES string of the molecule is CC(=O)OCC(=O)[C@@]1(OC(=O)C(C)C)CC[C@H]2[C@@H]3C[C@H](C)C4=CC(=O)C=C[C@]4(C)[C@H]3[C@@H](O)C[C@@]21C. The molecule has 3 fully saturated rings. The highest BCUT2D eigenvalue weighted by Gasteiger charge is 2.70. The van der Waals surface area contributed by atoms with E-state index in [-0.39, 0.29) is 35.9 Å². The predicted octanol–water partition coefficient (Wildman–Crippen LogP) is 3.58. The van der Waals surface area contributed by atoms with E-state index >= 15 is 0 Å². The number of allylic oxidation sites excluding steroid dienone is 4. The quantitative estimate of drug-likeness (QED) is 0.592. The minimum absolute atomic E-state index is 0.0190. The topological polar surface area (TPSA) is 107 Å². The molecule has 0 aromatic carbocycles. The first kappa shape index (κ1) is 25.8. The fourth-order valence-electron chi connectivity index (χ4n) is 7.99. The van der Waals surface area contributed by atoms with E-state index in [0.717, 1.165) is 12.0 Å². The summed E-state index contributed by atoms with van der Waals surface area (Å²) < 4.78 is 11.1. The molecule has 1 N–H and O–H groups in total. The smallest absolute Gasteiger partial charge is 0.309 e. The number of aliphatic hydroxyl groups is 1. The van der Waals surface area contributed by atoms with E-state index < -0.39 is 52.8 Å². The summed E-state index contributed by atoms with van der Waals surface area (Å²) in [5.41, 5.74) is -1.64. The third-order valence-electron chi connectivity index (χ3n) is 9.54. The molecule has 0 aromatic heterocycles. The summed E-state index contributed by atoms with van der Waals surface area (Å²) in [6, 6.07) is 0. The van der Waals surface area contributed by atoms with Gasteiger partial charge in [0.25, 0.3) is 0 Å². The van der Waals surface area contributed by atoms with Gasteiger partial charge in [0.1, 0.15) is 0 Å². The summed E-state index contributed by atoms with van der Waals surface area (Å²) in [6.07, 6.45) is 6.62. The van der Waals surface area contributed by atoms with Gasteiger partial charge in [0.15, 0.2) is 18.0 Å². The first-order valence-electron chi connectivity index (χ1n) is 12.8. The number of rotatable bonds is 5. The van der Waals surface area contributed by atoms with Gasteiger partial charge >= 0.3 is 11.9 Å². The van der Waals surface area contributed by atoms with Gasteiger partial charge in [0, 0.05) is 23.7 Å². The number of carbonyl (C=O) groups excluding carboxylic acids is 4. The fourth-order valence-corrected chi connectivity index (χ4v) is 7.99. The maximum absolute atomic E-state index is 13.7. The van der Waals surface area contributed by atoms with Crippen molar-refractivity contribution in [2.24, 2.45) is 40.4 Å². The number of Topliss-reactive ketones (excluding diaryl/α,β-unsaturated/α-hetero) is 1. The van der Waals surface area contributed by atoms with Crippen LogP contribution in [0.15, 0.2) is 23.8 Å². The van der Waals surface area contributed by atoms with Crippen LogP contribution < -0.4 is 0 Å². The average molecular weight is 487 g/mol. The van der Waals surface area contributed by atoms with Gasteiger partial charge in [0.05, 0.1) is 12.0 Å². The fraction of sp³-hybridized carbons (Fsp3) is 0.714. The molecular formula is C28H38O7. The number of carbonyl (C=O) groups is 4. The number of fused-ring (bicyclic) bond motifs is 5. The zero-order valence-electron chi connectivity index (χ0n) is 21.6. The highest BCUT2D eigenvalue weighted by molar-refractivity contribution is 6.01. The van der Waals surface area contributed by atoms with Crippen LogP contribution in [0.4, 0.5) is 0 Å². The third kappa shape index (κ3) is 3.81. The largest absolute Gasteiger partial charge is 0.458 e. The summed E-state index contributed by atoms with van der Waals surface area (Å²) in [4.78, 5) is 50.1. The molecule has 4 aliphatic carbocycles. The van der Waals surface area contributed by atoms with Crippen LogP contribution in [0.2, 0.25) is 0 Å². The van der Waals surface area contributed by atoms with Gasteiger partial charge in [-0.05, 0) is 55.6 Å². The number of hydrogen-bond acceptors (Lipinski definition) is 7. The molecule has 0 spiro atoms. The van der Waals surface area contributed by atoms with Crippen molar-refractivity contribution < 1.29 is 33.8 Å². The highest BCUT2D eigenvalue weighted by Crippen LogP contribution is 2.68. The van der Waals surface area contributed by atoms with Crippen LogP contribution >= 0.6 is 0 Å². The van der Waals surface area contributed by atoms with Gasteiger partial charge in [-0.1, -0.05) is 46.3 Å². The van der Waals surface area contributed by atoms with Gasteiger partial charge in [0.2, 0.25) is 5.78 Å². The molecule has 4 aliphatic rings. The van der Waals surface area contributed by atoms with Crippen LogP contribution in [0, 0.1) is 40.4 Å². The molecule has 0 bridgehead atoms. The van der Waals surface area contributed by atoms with Crippen molar-refractivity contribution in [3.63, 3.8) is 0 Å². The van der Waals surface area contributed by atoms with Crippen molar-refractivity contribution in [1.29, 1.82) is 0 Å². The molecule has 0 heterocycles. The van der Waals surface area contributed by atoms with E-state index in [1.165, 1.54) is 6.92 Å². The predicted molar refractivity (Wildman–Crippen MR) is 128 cm³/mol. The van der Waals surface area contributed by atoms with E-state index in [2.05, 4.69) is 13.8 Å². The van der Waals surface area contributed by atoms with E-state index in [1.54, 1.807) is 26.0 Å². The molecule has 0 unspecified atom stereocenters. The van der Waals surface area contributed by atoms with Crippen LogP contribution in [-0.2, 0) is 28.7 Å². The van der Waals surface area contributed by atoms with E-state index in [0.29, 0.717) is 12.8 Å². The molecule has 0 aliphatic heterocycles. The van der Waals surface area contributed by atoms with E-state index in [4.69, 9.17) is 9.47 Å². The number of ether oxygens (including phenoxy) is 2. The highest BCUT2D eigenvalue weighted by atomic mass is 16.6. The Bertz CT molecular complexity index is 1010. The Morgan fingerprint density at radius 3 is 2.54 bits per heavy atom. The number of ketones is 2. The van der Waals surface area contributed by atoms with E-state index in [1.807, 2.05) is 13.0 Å². The van der Waals surface area contributed by atoms with Crippen molar-refractivity contribution in [3.05, 3.63) is 23.8 Å². The Labute approximate surface area is 207 Å². The summed E-state index contributed by atoms with van der Waals surface area (Å²) in [7, 11) is 0. The molecular weight excluding hydrogens is 448 g/mol. The van der Waals surface area contributed by atoms with Gasteiger partial charge in [-0.2, -0.15) is 0 Å². The van der Waals surface area contributed by atoms with Crippen LogP contribution in [-0.4, -0.2) is 46.9 Å². The Balaban J connectivity index is 1.76. The Morgan fingerprint density at radius 2 is 1.91 bits per heavy atom. The molecule has 3 saturated carbocycles. The molecule has 0 amide bonds. The first-order valence-corrected chi connectivity index (χ1v) is 12.8. The monoisotopic (exact) mass is 486 g/mol. The Kier molecular flexibility index (Phi) is 6.40. The summed E-state index contributed by atoms with van der Waals surface area (Å²) in [5, 5.41) is 11.7. The lowest BCUT2D eigenvalue weighted by Crippen LogP contribution is -2.63.